The summed E-state index contributed by atoms with van der Waals surface area (Å²) in [5.41, 5.74) is 4.68. The Balaban J connectivity index is 2.98. The molecule has 0 amide bonds. The van der Waals surface area contributed by atoms with Gasteiger partial charge in [-0.05, 0) is 73.9 Å². The quantitative estimate of drug-likeness (QED) is 0.291. The van der Waals surface area contributed by atoms with E-state index in [-0.39, 0.29) is 5.41 Å². The molecule has 1 aliphatic rings. The minimum Gasteiger partial charge on any atom is -0.391 e. The molecule has 0 aliphatic heterocycles. The summed E-state index contributed by atoms with van der Waals surface area (Å²) in [6.07, 6.45) is 17.7. The van der Waals surface area contributed by atoms with Crippen LogP contribution in [-0.2, 0) is 0 Å². The molecule has 158 valence electrons. The lowest BCUT2D eigenvalue weighted by molar-refractivity contribution is 0.400. The molecular formula is C25H41FN2. The molecule has 0 fully saturated rings. The third kappa shape index (κ3) is 10.5. The third-order valence-electron chi connectivity index (χ3n) is 4.52. The largest absolute Gasteiger partial charge is 0.391 e. The van der Waals surface area contributed by atoms with Crippen molar-refractivity contribution >= 4 is 0 Å². The zero-order valence-electron chi connectivity index (χ0n) is 18.9. The maximum absolute atomic E-state index is 13.8. The molecule has 0 spiro atoms. The highest BCUT2D eigenvalue weighted by Crippen LogP contribution is 2.27. The fraction of sp³-hybridized carbons (Fsp3) is 0.600. The number of hydrogen-bond acceptors (Lipinski definition) is 2. The van der Waals surface area contributed by atoms with E-state index in [1.807, 2.05) is 12.3 Å². The average Bonchev–Trinajstić information content (AvgIpc) is 2.60. The van der Waals surface area contributed by atoms with Gasteiger partial charge in [-0.1, -0.05) is 52.8 Å². The minimum atomic E-state index is -0.879. The fourth-order valence-electron chi connectivity index (χ4n) is 3.25. The molecule has 2 nitrogen and oxygen atoms in total. The van der Waals surface area contributed by atoms with Crippen LogP contribution in [0, 0.1) is 5.41 Å². The Bertz CT molecular complexity index is 613. The summed E-state index contributed by atoms with van der Waals surface area (Å²) in [5, 5.41) is 6.94. The number of rotatable bonds is 11. The van der Waals surface area contributed by atoms with Crippen LogP contribution in [0.2, 0.25) is 0 Å². The first kappa shape index (κ1) is 24.3. The van der Waals surface area contributed by atoms with Crippen molar-refractivity contribution in [3.8, 4) is 0 Å². The lowest BCUT2D eigenvalue weighted by Gasteiger charge is -2.21. The molecule has 2 N–H and O–H groups in total. The Kier molecular flexibility index (Phi) is 11.0. The predicted octanol–water partition coefficient (Wildman–Crippen LogP) is 7.10. The smallest absolute Gasteiger partial charge is 0.119 e. The van der Waals surface area contributed by atoms with Crippen LogP contribution in [0.4, 0.5) is 4.39 Å². The van der Waals surface area contributed by atoms with Gasteiger partial charge in [0.25, 0.3) is 0 Å². The van der Waals surface area contributed by atoms with Gasteiger partial charge in [0.2, 0.25) is 0 Å². The molecule has 1 rings (SSSR count). The van der Waals surface area contributed by atoms with Crippen molar-refractivity contribution in [2.24, 2.45) is 5.41 Å². The second kappa shape index (κ2) is 12.6. The van der Waals surface area contributed by atoms with Crippen molar-refractivity contribution in [2.45, 2.75) is 86.2 Å². The van der Waals surface area contributed by atoms with Crippen molar-refractivity contribution in [3.05, 3.63) is 59.1 Å². The lowest BCUT2D eigenvalue weighted by Crippen LogP contribution is -2.19. The van der Waals surface area contributed by atoms with E-state index in [1.54, 1.807) is 6.92 Å². The Labute approximate surface area is 172 Å². The predicted molar refractivity (Wildman–Crippen MR) is 122 cm³/mol. The summed E-state index contributed by atoms with van der Waals surface area (Å²) < 4.78 is 13.8. The topological polar surface area (TPSA) is 24.1 Å². The van der Waals surface area contributed by atoms with Crippen molar-refractivity contribution in [1.29, 1.82) is 0 Å². The first-order chi connectivity index (χ1) is 13.2. The molecule has 28 heavy (non-hydrogen) atoms. The third-order valence-corrected chi connectivity index (χ3v) is 4.52. The first-order valence-electron chi connectivity index (χ1n) is 10.8. The number of hydrogen-bond donors (Lipinski definition) is 2. The van der Waals surface area contributed by atoms with Crippen LogP contribution in [0.3, 0.4) is 0 Å². The number of allylic oxidation sites excluding steroid dienone is 7. The summed E-state index contributed by atoms with van der Waals surface area (Å²) in [7, 11) is 0. The summed E-state index contributed by atoms with van der Waals surface area (Å²) in [4.78, 5) is 0. The van der Waals surface area contributed by atoms with E-state index in [0.717, 1.165) is 56.3 Å². The minimum absolute atomic E-state index is 0.242. The highest BCUT2D eigenvalue weighted by atomic mass is 19.1. The number of alkyl halides is 1. The number of nitrogens with one attached hydrogen (secondary N) is 2. The average molecular weight is 389 g/mol. The number of halogens is 1. The van der Waals surface area contributed by atoms with Gasteiger partial charge in [-0.15, -0.1) is 0 Å². The second-order valence-corrected chi connectivity index (χ2v) is 8.77. The molecule has 0 saturated carbocycles. The van der Waals surface area contributed by atoms with Crippen LogP contribution in [0.5, 0.6) is 0 Å². The van der Waals surface area contributed by atoms with E-state index in [1.165, 1.54) is 11.3 Å². The molecule has 0 heterocycles. The maximum atomic E-state index is 13.8. The second-order valence-electron chi connectivity index (χ2n) is 8.77. The summed E-state index contributed by atoms with van der Waals surface area (Å²) in [6, 6.07) is 0. The molecule has 0 saturated heterocycles. The van der Waals surface area contributed by atoms with Gasteiger partial charge in [0, 0.05) is 24.4 Å². The molecule has 1 aliphatic carbocycles. The van der Waals surface area contributed by atoms with Gasteiger partial charge in [-0.25, -0.2) is 4.39 Å². The van der Waals surface area contributed by atoms with E-state index in [4.69, 9.17) is 0 Å². The Morgan fingerprint density at radius 2 is 2.00 bits per heavy atom. The molecule has 1 unspecified atom stereocenters. The highest BCUT2D eigenvalue weighted by molar-refractivity contribution is 5.33. The van der Waals surface area contributed by atoms with Gasteiger partial charge >= 0.3 is 0 Å². The Morgan fingerprint density at radius 3 is 2.61 bits per heavy atom. The molecule has 0 radical (unpaired) electrons. The van der Waals surface area contributed by atoms with Crippen LogP contribution in [0.15, 0.2) is 59.1 Å². The van der Waals surface area contributed by atoms with Crippen molar-refractivity contribution in [2.75, 3.05) is 6.54 Å². The summed E-state index contributed by atoms with van der Waals surface area (Å²) in [5.74, 6) is 0. The SMILES string of the molecule is CC/C=C/NCC/C(=C\C(=C\CC)CC(C)(C)C)NC1=CCCC(C(C)F)=C1. The van der Waals surface area contributed by atoms with E-state index >= 15 is 0 Å². The standard InChI is InChI=1S/C25H41FN2/c1-7-9-15-27-16-14-24(17-21(11-8-2)19-25(4,5)6)28-23-13-10-12-22(18-23)20(3)26/h9,11,13,15,17-18,20,27-28H,7-8,10,12,14,16,19H2,1-6H3/b15-9+,21-11-,24-17+. The van der Waals surface area contributed by atoms with Gasteiger partial charge in [-0.3, -0.25) is 0 Å². The Morgan fingerprint density at radius 1 is 1.25 bits per heavy atom. The van der Waals surface area contributed by atoms with Gasteiger partial charge in [0.15, 0.2) is 0 Å². The highest BCUT2D eigenvalue weighted by Gasteiger charge is 2.14. The molecule has 0 bridgehead atoms. The van der Waals surface area contributed by atoms with Crippen LogP contribution < -0.4 is 10.6 Å². The van der Waals surface area contributed by atoms with Gasteiger partial charge in [0.1, 0.15) is 6.17 Å². The van der Waals surface area contributed by atoms with E-state index < -0.39 is 6.17 Å². The van der Waals surface area contributed by atoms with Crippen LogP contribution in [-0.4, -0.2) is 12.7 Å². The van der Waals surface area contributed by atoms with E-state index in [2.05, 4.69) is 69.6 Å². The summed E-state index contributed by atoms with van der Waals surface area (Å²) in [6.45, 7) is 13.6. The van der Waals surface area contributed by atoms with Gasteiger partial charge < -0.3 is 10.6 Å². The first-order valence-corrected chi connectivity index (χ1v) is 10.8. The fourth-order valence-corrected chi connectivity index (χ4v) is 3.25. The van der Waals surface area contributed by atoms with Crippen molar-refractivity contribution in [3.63, 3.8) is 0 Å². The zero-order valence-corrected chi connectivity index (χ0v) is 18.9. The van der Waals surface area contributed by atoms with Gasteiger partial charge in [-0.2, -0.15) is 0 Å². The van der Waals surface area contributed by atoms with Crippen molar-refractivity contribution in [1.82, 2.24) is 10.6 Å². The lowest BCUT2D eigenvalue weighted by atomic mass is 9.87. The van der Waals surface area contributed by atoms with Crippen LogP contribution in [0.1, 0.15) is 80.1 Å². The molecular weight excluding hydrogens is 347 g/mol. The molecule has 3 heteroatoms. The molecule has 0 aromatic carbocycles. The van der Waals surface area contributed by atoms with Crippen LogP contribution >= 0.6 is 0 Å². The summed E-state index contributed by atoms with van der Waals surface area (Å²) >= 11 is 0. The molecule has 0 aromatic rings. The molecule has 1 atom stereocenters. The van der Waals surface area contributed by atoms with Crippen molar-refractivity contribution < 1.29 is 4.39 Å². The maximum Gasteiger partial charge on any atom is 0.119 e. The Hall–Kier alpha value is -1.77. The monoisotopic (exact) mass is 388 g/mol. The zero-order chi connectivity index (χ0) is 21.0. The molecule has 0 aromatic heterocycles. The van der Waals surface area contributed by atoms with E-state index in [9.17, 15) is 4.39 Å². The van der Waals surface area contributed by atoms with Crippen LogP contribution in [0.25, 0.3) is 0 Å². The van der Waals surface area contributed by atoms with Gasteiger partial charge in [0.05, 0.1) is 0 Å². The van der Waals surface area contributed by atoms with E-state index in [0.29, 0.717) is 0 Å². The normalized spacial score (nSPS) is 17.4.